The van der Waals surface area contributed by atoms with Crippen LogP contribution in [0.5, 0.6) is 0 Å². The van der Waals surface area contributed by atoms with Crippen LogP contribution < -0.4 is 0 Å². The van der Waals surface area contributed by atoms with Crippen LogP contribution in [-0.2, 0) is 0 Å². The minimum atomic E-state index is 0.444. The molecule has 2 aromatic carbocycles. The molecule has 1 fully saturated rings. The molecular weight excluding hydrogens is 352 g/mol. The molecule has 1 aliphatic rings. The topological polar surface area (TPSA) is 17.8 Å². The second-order valence-corrected chi connectivity index (χ2v) is 8.37. The summed E-state index contributed by atoms with van der Waals surface area (Å²) in [6.07, 6.45) is 4.91. The highest BCUT2D eigenvalue weighted by atomic mass is 35.5. The van der Waals surface area contributed by atoms with Crippen molar-refractivity contribution in [2.45, 2.75) is 59.4 Å². The first-order valence-electron chi connectivity index (χ1n) is 9.89. The standard InChI is InChI=1S/C24H27ClN2/c1-15-9-11-19(13-17(15)3)23-22(25)24(20-12-10-16(2)18(4)14-20)27(26-23)21-7-5-6-8-21/h9-14,21H,5-8H2,1-4H3. The van der Waals surface area contributed by atoms with E-state index in [0.717, 1.165) is 27.5 Å². The molecule has 4 rings (SSSR count). The Balaban J connectivity index is 1.91. The van der Waals surface area contributed by atoms with Crippen LogP contribution in [0.1, 0.15) is 54.0 Å². The first kappa shape index (κ1) is 18.3. The van der Waals surface area contributed by atoms with Gasteiger partial charge in [0.15, 0.2) is 0 Å². The highest BCUT2D eigenvalue weighted by Gasteiger charge is 2.26. The van der Waals surface area contributed by atoms with E-state index in [1.165, 1.54) is 47.9 Å². The Hall–Kier alpha value is -2.06. The van der Waals surface area contributed by atoms with E-state index >= 15 is 0 Å². The number of nitrogens with zero attached hydrogens (tertiary/aromatic N) is 2. The molecule has 3 aromatic rings. The quantitative estimate of drug-likeness (QED) is 0.470. The van der Waals surface area contributed by atoms with Gasteiger partial charge in [-0.2, -0.15) is 5.10 Å². The van der Waals surface area contributed by atoms with Gasteiger partial charge in [0.1, 0.15) is 5.69 Å². The number of hydrogen-bond acceptors (Lipinski definition) is 1. The van der Waals surface area contributed by atoms with Gasteiger partial charge in [-0.1, -0.05) is 48.7 Å². The molecular formula is C24H27ClN2. The Bertz CT molecular complexity index is 994. The van der Waals surface area contributed by atoms with Gasteiger partial charge in [-0.25, -0.2) is 0 Å². The normalized spacial score (nSPS) is 14.9. The Labute approximate surface area is 167 Å². The van der Waals surface area contributed by atoms with E-state index in [9.17, 15) is 0 Å². The van der Waals surface area contributed by atoms with Crippen molar-refractivity contribution in [3.05, 3.63) is 63.7 Å². The van der Waals surface area contributed by atoms with Crippen LogP contribution >= 0.6 is 11.6 Å². The van der Waals surface area contributed by atoms with Crippen molar-refractivity contribution in [1.29, 1.82) is 0 Å². The van der Waals surface area contributed by atoms with E-state index in [-0.39, 0.29) is 0 Å². The van der Waals surface area contributed by atoms with Gasteiger partial charge in [0.05, 0.1) is 16.8 Å². The van der Waals surface area contributed by atoms with Crippen LogP contribution in [0.25, 0.3) is 22.5 Å². The zero-order valence-corrected chi connectivity index (χ0v) is 17.4. The van der Waals surface area contributed by atoms with E-state index < -0.39 is 0 Å². The van der Waals surface area contributed by atoms with Crippen molar-refractivity contribution in [2.24, 2.45) is 0 Å². The maximum absolute atomic E-state index is 6.98. The van der Waals surface area contributed by atoms with Gasteiger partial charge in [0.25, 0.3) is 0 Å². The molecule has 3 heteroatoms. The highest BCUT2D eigenvalue weighted by Crippen LogP contribution is 2.42. The van der Waals surface area contributed by atoms with Crippen molar-refractivity contribution in [2.75, 3.05) is 0 Å². The first-order valence-corrected chi connectivity index (χ1v) is 10.3. The molecule has 1 saturated carbocycles. The maximum Gasteiger partial charge on any atom is 0.112 e. The molecule has 1 aliphatic carbocycles. The first-order chi connectivity index (χ1) is 13.0. The third-order valence-electron chi connectivity index (χ3n) is 6.08. The van der Waals surface area contributed by atoms with Crippen molar-refractivity contribution >= 4 is 11.6 Å². The number of aryl methyl sites for hydroxylation is 4. The fourth-order valence-electron chi connectivity index (χ4n) is 4.05. The third kappa shape index (κ3) is 3.32. The summed E-state index contributed by atoms with van der Waals surface area (Å²) >= 11 is 6.98. The lowest BCUT2D eigenvalue weighted by Gasteiger charge is -2.15. The highest BCUT2D eigenvalue weighted by molar-refractivity contribution is 6.35. The van der Waals surface area contributed by atoms with Crippen LogP contribution in [-0.4, -0.2) is 9.78 Å². The average molecular weight is 379 g/mol. The number of halogens is 1. The summed E-state index contributed by atoms with van der Waals surface area (Å²) in [7, 11) is 0. The summed E-state index contributed by atoms with van der Waals surface area (Å²) in [5.74, 6) is 0. The lowest BCUT2D eigenvalue weighted by Crippen LogP contribution is -2.08. The molecule has 0 spiro atoms. The monoisotopic (exact) mass is 378 g/mol. The predicted octanol–water partition coefficient (Wildman–Crippen LogP) is 7.22. The summed E-state index contributed by atoms with van der Waals surface area (Å²) in [4.78, 5) is 0. The van der Waals surface area contributed by atoms with Gasteiger partial charge in [-0.05, 0) is 74.9 Å². The number of benzene rings is 2. The fraction of sp³-hybridized carbons (Fsp3) is 0.375. The second kappa shape index (κ2) is 7.16. The molecule has 0 bridgehead atoms. The van der Waals surface area contributed by atoms with Crippen LogP contribution in [0.2, 0.25) is 5.02 Å². The minimum absolute atomic E-state index is 0.444. The van der Waals surface area contributed by atoms with Crippen molar-refractivity contribution in [3.8, 4) is 22.5 Å². The number of hydrogen-bond donors (Lipinski definition) is 0. The summed E-state index contributed by atoms with van der Waals surface area (Å²) in [6, 6.07) is 13.6. The SMILES string of the molecule is Cc1ccc(-c2nn(C3CCCC3)c(-c3ccc(C)c(C)c3)c2Cl)cc1C. The molecule has 140 valence electrons. The predicted molar refractivity (Wildman–Crippen MR) is 115 cm³/mol. The summed E-state index contributed by atoms with van der Waals surface area (Å²) in [5.41, 5.74) is 9.39. The summed E-state index contributed by atoms with van der Waals surface area (Å²) < 4.78 is 2.21. The Morgan fingerprint density at radius 2 is 1.37 bits per heavy atom. The molecule has 0 N–H and O–H groups in total. The molecule has 0 amide bonds. The number of rotatable bonds is 3. The van der Waals surface area contributed by atoms with Crippen LogP contribution in [0, 0.1) is 27.7 Å². The van der Waals surface area contributed by atoms with E-state index in [1.54, 1.807) is 0 Å². The molecule has 0 atom stereocenters. The molecule has 2 nitrogen and oxygen atoms in total. The molecule has 0 saturated heterocycles. The van der Waals surface area contributed by atoms with Crippen molar-refractivity contribution < 1.29 is 0 Å². The average Bonchev–Trinajstić information content (AvgIpc) is 3.28. The van der Waals surface area contributed by atoms with Gasteiger partial charge in [0.2, 0.25) is 0 Å². The molecule has 0 radical (unpaired) electrons. The Morgan fingerprint density at radius 3 is 1.96 bits per heavy atom. The zero-order chi connectivity index (χ0) is 19.1. The third-order valence-corrected chi connectivity index (χ3v) is 6.44. The molecule has 0 aliphatic heterocycles. The largest absolute Gasteiger partial charge is 0.260 e. The lowest BCUT2D eigenvalue weighted by atomic mass is 10.0. The zero-order valence-electron chi connectivity index (χ0n) is 16.6. The lowest BCUT2D eigenvalue weighted by molar-refractivity contribution is 0.473. The van der Waals surface area contributed by atoms with Gasteiger partial charge in [-0.3, -0.25) is 4.68 Å². The van der Waals surface area contributed by atoms with Gasteiger partial charge in [-0.15, -0.1) is 0 Å². The van der Waals surface area contributed by atoms with E-state index in [0.29, 0.717) is 6.04 Å². The second-order valence-electron chi connectivity index (χ2n) is 7.99. The fourth-order valence-corrected chi connectivity index (χ4v) is 4.39. The van der Waals surface area contributed by atoms with E-state index in [1.807, 2.05) is 0 Å². The van der Waals surface area contributed by atoms with E-state index in [2.05, 4.69) is 68.8 Å². The molecule has 0 unspecified atom stereocenters. The minimum Gasteiger partial charge on any atom is -0.260 e. The smallest absolute Gasteiger partial charge is 0.112 e. The van der Waals surface area contributed by atoms with Gasteiger partial charge >= 0.3 is 0 Å². The summed E-state index contributed by atoms with van der Waals surface area (Å²) in [6.45, 7) is 8.59. The Morgan fingerprint density at radius 1 is 0.815 bits per heavy atom. The maximum atomic E-state index is 6.98. The van der Waals surface area contributed by atoms with E-state index in [4.69, 9.17) is 16.7 Å². The van der Waals surface area contributed by atoms with Crippen LogP contribution in [0.4, 0.5) is 0 Å². The number of aromatic nitrogens is 2. The summed E-state index contributed by atoms with van der Waals surface area (Å²) in [5, 5.41) is 5.82. The van der Waals surface area contributed by atoms with Crippen LogP contribution in [0.15, 0.2) is 36.4 Å². The molecule has 1 heterocycles. The Kier molecular flexibility index (Phi) is 4.86. The van der Waals surface area contributed by atoms with Gasteiger partial charge in [0, 0.05) is 11.1 Å². The van der Waals surface area contributed by atoms with Gasteiger partial charge < -0.3 is 0 Å². The van der Waals surface area contributed by atoms with Crippen molar-refractivity contribution in [1.82, 2.24) is 9.78 Å². The molecule has 27 heavy (non-hydrogen) atoms. The van der Waals surface area contributed by atoms with Crippen molar-refractivity contribution in [3.63, 3.8) is 0 Å². The van der Waals surface area contributed by atoms with Crippen LogP contribution in [0.3, 0.4) is 0 Å². The molecule has 1 aromatic heterocycles.